The molecular weight excluding hydrogens is 224 g/mol. The van der Waals surface area contributed by atoms with Crippen LogP contribution < -0.4 is 0 Å². The lowest BCUT2D eigenvalue weighted by Gasteiger charge is -1.94. The molecule has 0 aliphatic rings. The molecule has 0 saturated carbocycles. The lowest BCUT2D eigenvalue weighted by Crippen LogP contribution is -1.92. The highest BCUT2D eigenvalue weighted by Crippen LogP contribution is 2.11. The van der Waals surface area contributed by atoms with Crippen LogP contribution in [-0.4, -0.2) is 5.78 Å². The molecule has 2 rings (SSSR count). The number of carbonyl (C=O) groups is 1. The number of benzene rings is 1. The van der Waals surface area contributed by atoms with Gasteiger partial charge in [0.1, 0.15) is 5.76 Å². The molecule has 0 aliphatic carbocycles. The molecule has 0 spiro atoms. The number of carbonyl (C=O) groups excluding carboxylic acids is 1. The minimum Gasteiger partial charge on any atom is -0.465 e. The van der Waals surface area contributed by atoms with Crippen LogP contribution in [0.3, 0.4) is 0 Å². The van der Waals surface area contributed by atoms with Crippen LogP contribution in [0, 0.1) is 0 Å². The number of rotatable bonds is 3. The Balaban J connectivity index is 2.11. The minimum absolute atomic E-state index is 0.0759. The summed E-state index contributed by atoms with van der Waals surface area (Å²) in [4.78, 5) is 11.7. The van der Waals surface area contributed by atoms with E-state index in [9.17, 15) is 4.79 Å². The van der Waals surface area contributed by atoms with E-state index >= 15 is 0 Å². The van der Waals surface area contributed by atoms with E-state index in [0.29, 0.717) is 16.3 Å². The van der Waals surface area contributed by atoms with Gasteiger partial charge in [-0.2, -0.15) is 0 Å². The molecule has 3 heteroatoms. The fourth-order valence-electron chi connectivity index (χ4n) is 1.25. The van der Waals surface area contributed by atoms with Gasteiger partial charge >= 0.3 is 0 Å². The third kappa shape index (κ3) is 2.61. The summed E-state index contributed by atoms with van der Waals surface area (Å²) in [5.41, 5.74) is 0.604. The molecule has 1 aromatic carbocycles. The molecule has 0 radical (unpaired) electrons. The Morgan fingerprint density at radius 3 is 2.56 bits per heavy atom. The second-order valence-electron chi connectivity index (χ2n) is 3.22. The van der Waals surface area contributed by atoms with Crippen LogP contribution >= 0.6 is 11.6 Å². The summed E-state index contributed by atoms with van der Waals surface area (Å²) in [7, 11) is 0. The average Bonchev–Trinajstić information content (AvgIpc) is 2.80. The topological polar surface area (TPSA) is 30.2 Å². The van der Waals surface area contributed by atoms with Crippen molar-refractivity contribution in [2.75, 3.05) is 0 Å². The zero-order valence-corrected chi connectivity index (χ0v) is 9.15. The lowest BCUT2D eigenvalue weighted by molar-refractivity contribution is 0.104. The summed E-state index contributed by atoms with van der Waals surface area (Å²) < 4.78 is 5.08. The molecule has 0 amide bonds. The van der Waals surface area contributed by atoms with E-state index in [4.69, 9.17) is 16.0 Å². The van der Waals surface area contributed by atoms with Gasteiger partial charge in [-0.05, 0) is 48.6 Å². The Labute approximate surface area is 98.2 Å². The molecule has 2 nitrogen and oxygen atoms in total. The highest BCUT2D eigenvalue weighted by molar-refractivity contribution is 6.30. The maximum absolute atomic E-state index is 11.7. The van der Waals surface area contributed by atoms with Gasteiger partial charge < -0.3 is 4.42 Å². The van der Waals surface area contributed by atoms with Gasteiger partial charge in [-0.15, -0.1) is 0 Å². The molecule has 0 unspecified atom stereocenters. The van der Waals surface area contributed by atoms with Gasteiger partial charge in [-0.3, -0.25) is 4.79 Å². The average molecular weight is 233 g/mol. The first-order chi connectivity index (χ1) is 7.75. The Hall–Kier alpha value is -1.80. The Morgan fingerprint density at radius 1 is 1.19 bits per heavy atom. The Kier molecular flexibility index (Phi) is 3.22. The number of allylic oxidation sites excluding steroid dienone is 1. The third-order valence-electron chi connectivity index (χ3n) is 2.07. The predicted octanol–water partition coefficient (Wildman–Crippen LogP) is 3.83. The highest BCUT2D eigenvalue weighted by atomic mass is 35.5. The van der Waals surface area contributed by atoms with E-state index in [1.807, 2.05) is 0 Å². The Bertz CT molecular complexity index is 495. The molecule has 0 atom stereocenters. The second kappa shape index (κ2) is 4.81. The largest absolute Gasteiger partial charge is 0.465 e. The first-order valence-corrected chi connectivity index (χ1v) is 5.15. The predicted molar refractivity (Wildman–Crippen MR) is 63.5 cm³/mol. The van der Waals surface area contributed by atoms with Crippen molar-refractivity contribution in [1.29, 1.82) is 0 Å². The quantitative estimate of drug-likeness (QED) is 0.595. The van der Waals surface area contributed by atoms with Crippen molar-refractivity contribution in [2.45, 2.75) is 0 Å². The zero-order chi connectivity index (χ0) is 11.4. The van der Waals surface area contributed by atoms with Crippen LogP contribution in [0.1, 0.15) is 16.1 Å². The van der Waals surface area contributed by atoms with Crippen molar-refractivity contribution in [1.82, 2.24) is 0 Å². The number of ketones is 1. The summed E-state index contributed by atoms with van der Waals surface area (Å²) in [5, 5.41) is 0.617. The molecule has 1 heterocycles. The molecule has 0 bridgehead atoms. The van der Waals surface area contributed by atoms with E-state index < -0.39 is 0 Å². The van der Waals surface area contributed by atoms with Gasteiger partial charge in [0.2, 0.25) is 0 Å². The summed E-state index contributed by atoms with van der Waals surface area (Å²) in [5.74, 6) is 0.579. The van der Waals surface area contributed by atoms with E-state index in [0.717, 1.165) is 0 Å². The van der Waals surface area contributed by atoms with Crippen LogP contribution in [0.4, 0.5) is 0 Å². The lowest BCUT2D eigenvalue weighted by atomic mass is 10.1. The molecule has 2 aromatic rings. The molecule has 0 N–H and O–H groups in total. The van der Waals surface area contributed by atoms with Gasteiger partial charge in [0.25, 0.3) is 0 Å². The van der Waals surface area contributed by atoms with Crippen LogP contribution in [-0.2, 0) is 0 Å². The molecule has 0 aliphatic heterocycles. The third-order valence-corrected chi connectivity index (χ3v) is 2.32. The van der Waals surface area contributed by atoms with Gasteiger partial charge in [-0.25, -0.2) is 0 Å². The fraction of sp³-hybridized carbons (Fsp3) is 0. The SMILES string of the molecule is O=C(C=Cc1ccco1)c1ccc(Cl)cc1. The van der Waals surface area contributed by atoms with Crippen molar-refractivity contribution < 1.29 is 9.21 Å². The monoisotopic (exact) mass is 232 g/mol. The maximum Gasteiger partial charge on any atom is 0.185 e. The van der Waals surface area contributed by atoms with E-state index in [2.05, 4.69) is 0 Å². The zero-order valence-electron chi connectivity index (χ0n) is 8.39. The molecule has 0 fully saturated rings. The summed E-state index contributed by atoms with van der Waals surface area (Å²) in [6.07, 6.45) is 4.67. The van der Waals surface area contributed by atoms with Gasteiger partial charge in [-0.1, -0.05) is 11.6 Å². The number of furan rings is 1. The van der Waals surface area contributed by atoms with Crippen molar-refractivity contribution >= 4 is 23.5 Å². The highest BCUT2D eigenvalue weighted by Gasteiger charge is 2.01. The van der Waals surface area contributed by atoms with Gasteiger partial charge in [0.05, 0.1) is 6.26 Å². The fourth-order valence-corrected chi connectivity index (χ4v) is 1.38. The second-order valence-corrected chi connectivity index (χ2v) is 3.66. The van der Waals surface area contributed by atoms with Crippen LogP contribution in [0.25, 0.3) is 6.08 Å². The van der Waals surface area contributed by atoms with Crippen molar-refractivity contribution in [2.24, 2.45) is 0 Å². The normalized spacial score (nSPS) is 10.8. The molecule has 1 aromatic heterocycles. The molecule has 16 heavy (non-hydrogen) atoms. The van der Waals surface area contributed by atoms with Crippen molar-refractivity contribution in [3.63, 3.8) is 0 Å². The van der Waals surface area contributed by atoms with Gasteiger partial charge in [0.15, 0.2) is 5.78 Å². The van der Waals surface area contributed by atoms with Crippen LogP contribution in [0.2, 0.25) is 5.02 Å². The smallest absolute Gasteiger partial charge is 0.185 e. The maximum atomic E-state index is 11.7. The standard InChI is InChI=1S/C13H9ClO2/c14-11-5-3-10(4-6-11)13(15)8-7-12-2-1-9-16-12/h1-9H. The number of hydrogen-bond acceptors (Lipinski definition) is 2. The van der Waals surface area contributed by atoms with Crippen molar-refractivity contribution in [3.05, 3.63) is 65.1 Å². The van der Waals surface area contributed by atoms with Crippen molar-refractivity contribution in [3.8, 4) is 0 Å². The molecular formula is C13H9ClO2. The molecule has 0 saturated heterocycles. The van der Waals surface area contributed by atoms with Gasteiger partial charge in [0, 0.05) is 10.6 Å². The number of halogens is 1. The molecule has 80 valence electrons. The first-order valence-electron chi connectivity index (χ1n) is 4.77. The number of hydrogen-bond donors (Lipinski definition) is 0. The minimum atomic E-state index is -0.0759. The first kappa shape index (κ1) is 10.7. The summed E-state index contributed by atoms with van der Waals surface area (Å²) in [6.45, 7) is 0. The van der Waals surface area contributed by atoms with Crippen LogP contribution in [0.5, 0.6) is 0 Å². The Morgan fingerprint density at radius 2 is 1.94 bits per heavy atom. The van der Waals surface area contributed by atoms with E-state index in [-0.39, 0.29) is 5.78 Å². The summed E-state index contributed by atoms with van der Waals surface area (Å²) >= 11 is 5.73. The van der Waals surface area contributed by atoms with Crippen LogP contribution in [0.15, 0.2) is 53.2 Å². The summed E-state index contributed by atoms with van der Waals surface area (Å²) in [6, 6.07) is 10.3. The van der Waals surface area contributed by atoms with E-state index in [1.54, 1.807) is 48.7 Å². The van der Waals surface area contributed by atoms with E-state index in [1.165, 1.54) is 6.08 Å².